The second-order valence-electron chi connectivity index (χ2n) is 5.30. The molecule has 0 N–H and O–H groups in total. The Morgan fingerprint density at radius 1 is 1.41 bits per heavy atom. The number of hydrogen-bond donors (Lipinski definition) is 0. The Morgan fingerprint density at radius 3 is 2.59 bits per heavy atom. The molecule has 0 amide bonds. The van der Waals surface area contributed by atoms with Crippen molar-refractivity contribution in [2.75, 3.05) is 0 Å². The van der Waals surface area contributed by atoms with Gasteiger partial charge in [0.1, 0.15) is 11.3 Å². The van der Waals surface area contributed by atoms with E-state index in [4.69, 9.17) is 11.6 Å². The van der Waals surface area contributed by atoms with Crippen molar-refractivity contribution in [1.29, 1.82) is 0 Å². The van der Waals surface area contributed by atoms with Gasteiger partial charge in [-0.25, -0.2) is 4.98 Å². The summed E-state index contributed by atoms with van der Waals surface area (Å²) in [5, 5.41) is 4.37. The quantitative estimate of drug-likeness (QED) is 0.771. The lowest BCUT2D eigenvalue weighted by Gasteiger charge is -2.17. The summed E-state index contributed by atoms with van der Waals surface area (Å²) in [6.45, 7) is 6.24. The smallest absolute Gasteiger partial charge is 0.159 e. The molecule has 1 aliphatic carbocycles. The largest absolute Gasteiger partial charge is 0.306 e. The van der Waals surface area contributed by atoms with E-state index in [0.29, 0.717) is 0 Å². The van der Waals surface area contributed by atoms with E-state index < -0.39 is 0 Å². The molecule has 0 radical (unpaired) electrons. The molecule has 4 nitrogen and oxygen atoms in total. The molecule has 2 heterocycles. The molecule has 1 unspecified atom stereocenters. The van der Waals surface area contributed by atoms with Crippen molar-refractivity contribution in [2.45, 2.75) is 44.5 Å². The minimum atomic E-state index is -0.0702. The molecule has 0 spiro atoms. The van der Waals surface area contributed by atoms with Crippen LogP contribution in [0.2, 0.25) is 0 Å². The van der Waals surface area contributed by atoms with E-state index in [1.807, 2.05) is 25.6 Å². The van der Waals surface area contributed by atoms with Crippen LogP contribution >= 0.6 is 11.6 Å². The molecule has 0 aromatic carbocycles. The number of imidazole rings is 1. The van der Waals surface area contributed by atoms with Crippen molar-refractivity contribution in [1.82, 2.24) is 19.3 Å². The van der Waals surface area contributed by atoms with Crippen LogP contribution in [0.15, 0.2) is 0 Å². The van der Waals surface area contributed by atoms with Crippen molar-refractivity contribution in [3.05, 3.63) is 11.5 Å². The maximum Gasteiger partial charge on any atom is 0.159 e. The van der Waals surface area contributed by atoms with Crippen LogP contribution in [0.4, 0.5) is 0 Å². The zero-order chi connectivity index (χ0) is 12.4. The van der Waals surface area contributed by atoms with Gasteiger partial charge in [0, 0.05) is 12.6 Å². The maximum absolute atomic E-state index is 6.26. The van der Waals surface area contributed by atoms with E-state index >= 15 is 0 Å². The Bertz CT molecular complexity index is 589. The van der Waals surface area contributed by atoms with Gasteiger partial charge >= 0.3 is 0 Å². The fourth-order valence-electron chi connectivity index (χ4n) is 2.49. The Kier molecular flexibility index (Phi) is 2.12. The van der Waals surface area contributed by atoms with Gasteiger partial charge in [-0.1, -0.05) is 0 Å². The third kappa shape index (κ3) is 1.43. The molecule has 92 valence electrons. The highest BCUT2D eigenvalue weighted by atomic mass is 35.5. The normalized spacial score (nSPS) is 19.8. The number of halogens is 1. The van der Waals surface area contributed by atoms with Gasteiger partial charge in [-0.15, -0.1) is 11.6 Å². The highest BCUT2D eigenvalue weighted by molar-refractivity contribution is 6.20. The molecule has 3 rings (SSSR count). The zero-order valence-corrected chi connectivity index (χ0v) is 11.4. The maximum atomic E-state index is 6.26. The van der Waals surface area contributed by atoms with Crippen molar-refractivity contribution in [3.63, 3.8) is 0 Å². The molecule has 2 aromatic heterocycles. The average molecular weight is 253 g/mol. The molecular formula is C12H17ClN4. The van der Waals surface area contributed by atoms with Crippen molar-refractivity contribution >= 4 is 22.8 Å². The van der Waals surface area contributed by atoms with Crippen LogP contribution in [0.5, 0.6) is 0 Å². The second kappa shape index (κ2) is 3.25. The summed E-state index contributed by atoms with van der Waals surface area (Å²) in [6.07, 6.45) is 2.39. The van der Waals surface area contributed by atoms with Gasteiger partial charge in [0.05, 0.1) is 11.1 Å². The Morgan fingerprint density at radius 2 is 2.06 bits per heavy atom. The second-order valence-corrected chi connectivity index (χ2v) is 5.95. The molecule has 1 atom stereocenters. The molecule has 0 saturated heterocycles. The minimum absolute atomic E-state index is 0.0702. The zero-order valence-electron chi connectivity index (χ0n) is 10.7. The lowest BCUT2D eigenvalue weighted by molar-refractivity contribution is 0.508. The van der Waals surface area contributed by atoms with Crippen LogP contribution in [-0.4, -0.2) is 19.3 Å². The average Bonchev–Trinajstić information content (AvgIpc) is 2.76. The molecule has 5 heteroatoms. The van der Waals surface area contributed by atoms with E-state index in [2.05, 4.69) is 21.6 Å². The third-order valence-corrected chi connectivity index (χ3v) is 3.89. The van der Waals surface area contributed by atoms with Crippen molar-refractivity contribution in [3.8, 4) is 0 Å². The highest BCUT2D eigenvalue weighted by Crippen LogP contribution is 2.47. The van der Waals surface area contributed by atoms with Crippen molar-refractivity contribution in [2.24, 2.45) is 7.05 Å². The van der Waals surface area contributed by atoms with E-state index in [1.165, 1.54) is 12.8 Å². The molecule has 1 saturated carbocycles. The predicted molar refractivity (Wildman–Crippen MR) is 68.4 cm³/mol. The summed E-state index contributed by atoms with van der Waals surface area (Å²) in [5.41, 5.74) is 3.25. The van der Waals surface area contributed by atoms with E-state index in [1.54, 1.807) is 0 Å². The minimum Gasteiger partial charge on any atom is -0.306 e. The van der Waals surface area contributed by atoms with Gasteiger partial charge in [-0.3, -0.25) is 4.68 Å². The van der Waals surface area contributed by atoms with Crippen molar-refractivity contribution < 1.29 is 0 Å². The van der Waals surface area contributed by atoms with Crippen LogP contribution in [0.3, 0.4) is 0 Å². The van der Waals surface area contributed by atoms with Crippen LogP contribution in [0.25, 0.3) is 11.2 Å². The summed E-state index contributed by atoms with van der Waals surface area (Å²) in [6, 6.07) is 0. The third-order valence-electron chi connectivity index (χ3n) is 3.70. The van der Waals surface area contributed by atoms with E-state index in [-0.39, 0.29) is 10.9 Å². The fourth-order valence-corrected chi connectivity index (χ4v) is 2.64. The first kappa shape index (κ1) is 11.1. The monoisotopic (exact) mass is 252 g/mol. The highest BCUT2D eigenvalue weighted by Gasteiger charge is 2.43. The number of aromatic nitrogens is 4. The molecule has 1 aliphatic rings. The standard InChI is InChI=1S/C12H17ClN4/c1-7(13)10-14-9-8(2)15-16(4)11(9)17(10)12(3)5-6-12/h7H,5-6H2,1-4H3. The summed E-state index contributed by atoms with van der Waals surface area (Å²) < 4.78 is 4.21. The number of fused-ring (bicyclic) bond motifs is 1. The van der Waals surface area contributed by atoms with Gasteiger partial charge in [-0.2, -0.15) is 5.10 Å². The lowest BCUT2D eigenvalue weighted by atomic mass is 10.3. The number of hydrogen-bond acceptors (Lipinski definition) is 2. The number of nitrogens with zero attached hydrogens (tertiary/aromatic N) is 4. The fraction of sp³-hybridized carbons (Fsp3) is 0.667. The van der Waals surface area contributed by atoms with Gasteiger partial charge < -0.3 is 4.57 Å². The van der Waals surface area contributed by atoms with Gasteiger partial charge in [0.25, 0.3) is 0 Å². The number of rotatable bonds is 2. The lowest BCUT2D eigenvalue weighted by Crippen LogP contribution is -2.18. The molecular weight excluding hydrogens is 236 g/mol. The molecule has 1 fully saturated rings. The molecule has 0 bridgehead atoms. The summed E-state index contributed by atoms with van der Waals surface area (Å²) in [5.74, 6) is 0.970. The summed E-state index contributed by atoms with van der Waals surface area (Å²) in [7, 11) is 1.97. The Hall–Kier alpha value is -1.03. The molecule has 0 aliphatic heterocycles. The summed E-state index contributed by atoms with van der Waals surface area (Å²) in [4.78, 5) is 4.69. The van der Waals surface area contributed by atoms with Crippen LogP contribution in [0.1, 0.15) is 43.6 Å². The van der Waals surface area contributed by atoms with Crippen LogP contribution < -0.4 is 0 Å². The van der Waals surface area contributed by atoms with E-state index in [9.17, 15) is 0 Å². The molecule has 17 heavy (non-hydrogen) atoms. The SMILES string of the molecule is Cc1nn(C)c2c1nc(C(C)Cl)n2C1(C)CC1. The molecule has 2 aromatic rings. The first-order valence-corrected chi connectivity index (χ1v) is 6.44. The topological polar surface area (TPSA) is 35.6 Å². The first-order chi connectivity index (χ1) is 7.94. The first-order valence-electron chi connectivity index (χ1n) is 6.00. The van der Waals surface area contributed by atoms with Gasteiger partial charge in [0.15, 0.2) is 5.65 Å². The van der Waals surface area contributed by atoms with Crippen LogP contribution in [-0.2, 0) is 12.6 Å². The Balaban J connectivity index is 2.38. The van der Waals surface area contributed by atoms with E-state index in [0.717, 1.165) is 22.7 Å². The number of alkyl halides is 1. The van der Waals surface area contributed by atoms with Gasteiger partial charge in [0.2, 0.25) is 0 Å². The van der Waals surface area contributed by atoms with Gasteiger partial charge in [-0.05, 0) is 33.6 Å². The Labute approximate surface area is 106 Å². The number of aryl methyl sites for hydroxylation is 2. The summed E-state index contributed by atoms with van der Waals surface area (Å²) >= 11 is 6.26. The predicted octanol–water partition coefficient (Wildman–Crippen LogP) is 2.89. The van der Waals surface area contributed by atoms with Crippen LogP contribution in [0, 0.1) is 6.92 Å².